The van der Waals surface area contributed by atoms with Gasteiger partial charge in [-0.25, -0.2) is 5.43 Å². The van der Waals surface area contributed by atoms with E-state index in [0.717, 1.165) is 4.90 Å². The largest absolute Gasteiger partial charge is 0.493 e. The number of nitrogens with one attached hydrogen (secondary N) is 1. The van der Waals surface area contributed by atoms with Crippen molar-refractivity contribution in [2.75, 3.05) is 21.3 Å². The summed E-state index contributed by atoms with van der Waals surface area (Å²) in [5.41, 5.74) is 3.26. The lowest BCUT2D eigenvalue weighted by atomic mass is 10.2. The lowest BCUT2D eigenvalue weighted by Gasteiger charge is -2.12. The van der Waals surface area contributed by atoms with Crippen molar-refractivity contribution in [1.82, 2.24) is 5.43 Å². The van der Waals surface area contributed by atoms with Crippen LogP contribution >= 0.6 is 11.8 Å². The van der Waals surface area contributed by atoms with Gasteiger partial charge < -0.3 is 14.2 Å². The van der Waals surface area contributed by atoms with Gasteiger partial charge >= 0.3 is 0 Å². The summed E-state index contributed by atoms with van der Waals surface area (Å²) >= 11 is 1.47. The van der Waals surface area contributed by atoms with E-state index in [1.54, 1.807) is 33.5 Å². The number of hydrogen-bond acceptors (Lipinski definition) is 6. The van der Waals surface area contributed by atoms with Crippen molar-refractivity contribution in [3.05, 3.63) is 48.0 Å². The lowest BCUT2D eigenvalue weighted by Crippen LogP contribution is -2.26. The van der Waals surface area contributed by atoms with E-state index in [0.29, 0.717) is 22.8 Å². The van der Waals surface area contributed by atoms with E-state index in [4.69, 9.17) is 14.2 Å². The van der Waals surface area contributed by atoms with Crippen LogP contribution in [0.3, 0.4) is 0 Å². The topological polar surface area (TPSA) is 69.2 Å². The van der Waals surface area contributed by atoms with Crippen LogP contribution in [-0.4, -0.2) is 38.7 Å². The second kappa shape index (κ2) is 9.72. The lowest BCUT2D eigenvalue weighted by molar-refractivity contribution is -0.120. The van der Waals surface area contributed by atoms with Gasteiger partial charge in [-0.2, -0.15) is 5.10 Å². The molecule has 26 heavy (non-hydrogen) atoms. The number of carbonyl (C=O) groups is 1. The Kier molecular flexibility index (Phi) is 7.35. The summed E-state index contributed by atoms with van der Waals surface area (Å²) in [4.78, 5) is 13.2. The van der Waals surface area contributed by atoms with Crippen molar-refractivity contribution in [2.45, 2.75) is 17.1 Å². The molecule has 0 aliphatic rings. The molecule has 0 fully saturated rings. The Morgan fingerprint density at radius 1 is 1.08 bits per heavy atom. The maximum Gasteiger partial charge on any atom is 0.253 e. The molecule has 0 aromatic heterocycles. The molecular weight excluding hydrogens is 352 g/mol. The normalized spacial score (nSPS) is 11.8. The second-order valence-electron chi connectivity index (χ2n) is 5.27. The molecule has 7 heteroatoms. The van der Waals surface area contributed by atoms with E-state index in [1.807, 2.05) is 37.3 Å². The quantitative estimate of drug-likeness (QED) is 0.436. The minimum absolute atomic E-state index is 0.178. The van der Waals surface area contributed by atoms with Crippen LogP contribution in [-0.2, 0) is 4.79 Å². The first-order chi connectivity index (χ1) is 12.6. The smallest absolute Gasteiger partial charge is 0.253 e. The van der Waals surface area contributed by atoms with Crippen LogP contribution in [0.25, 0.3) is 0 Å². The average molecular weight is 374 g/mol. The molecule has 0 radical (unpaired) electrons. The van der Waals surface area contributed by atoms with Crippen LogP contribution < -0.4 is 19.6 Å². The van der Waals surface area contributed by atoms with Gasteiger partial charge in [-0.05, 0) is 31.2 Å². The minimum atomic E-state index is -0.269. The zero-order chi connectivity index (χ0) is 18.9. The summed E-state index contributed by atoms with van der Waals surface area (Å²) in [5.74, 6) is 1.37. The Bertz CT molecular complexity index is 740. The maximum absolute atomic E-state index is 12.2. The number of hydrazone groups is 1. The molecule has 138 valence electrons. The number of nitrogens with zero attached hydrogens (tertiary/aromatic N) is 1. The number of thioether (sulfide) groups is 1. The van der Waals surface area contributed by atoms with Crippen LogP contribution in [0.1, 0.15) is 12.5 Å². The molecule has 2 aromatic carbocycles. The number of ether oxygens (including phenoxy) is 3. The van der Waals surface area contributed by atoms with E-state index in [2.05, 4.69) is 10.5 Å². The Morgan fingerprint density at radius 2 is 1.69 bits per heavy atom. The Hall–Kier alpha value is -2.67. The maximum atomic E-state index is 12.2. The number of hydrogen-bond donors (Lipinski definition) is 1. The van der Waals surface area contributed by atoms with E-state index in [-0.39, 0.29) is 11.2 Å². The molecule has 0 heterocycles. The summed E-state index contributed by atoms with van der Waals surface area (Å²) in [6.07, 6.45) is 1.53. The summed E-state index contributed by atoms with van der Waals surface area (Å²) < 4.78 is 15.9. The molecule has 2 rings (SSSR count). The zero-order valence-electron chi connectivity index (χ0n) is 15.2. The van der Waals surface area contributed by atoms with Gasteiger partial charge in [0.2, 0.25) is 5.75 Å². The fourth-order valence-corrected chi connectivity index (χ4v) is 3.08. The van der Waals surface area contributed by atoms with E-state index >= 15 is 0 Å². The molecule has 1 N–H and O–H groups in total. The molecule has 0 spiro atoms. The van der Waals surface area contributed by atoms with Crippen LogP contribution in [0.15, 0.2) is 52.5 Å². The Morgan fingerprint density at radius 3 is 2.23 bits per heavy atom. The summed E-state index contributed by atoms with van der Waals surface area (Å²) in [7, 11) is 4.63. The molecule has 1 unspecified atom stereocenters. The molecular formula is C19H22N2O4S. The highest BCUT2D eigenvalue weighted by molar-refractivity contribution is 8.00. The van der Waals surface area contributed by atoms with Crippen LogP contribution in [0.2, 0.25) is 0 Å². The van der Waals surface area contributed by atoms with Crippen LogP contribution in [0.4, 0.5) is 0 Å². The van der Waals surface area contributed by atoms with Gasteiger partial charge in [-0.15, -0.1) is 11.8 Å². The van der Waals surface area contributed by atoms with Gasteiger partial charge in [-0.1, -0.05) is 18.2 Å². The van der Waals surface area contributed by atoms with Crippen molar-refractivity contribution in [1.29, 1.82) is 0 Å². The van der Waals surface area contributed by atoms with Crippen molar-refractivity contribution in [2.24, 2.45) is 5.10 Å². The zero-order valence-corrected chi connectivity index (χ0v) is 16.0. The number of rotatable bonds is 8. The predicted molar refractivity (Wildman–Crippen MR) is 104 cm³/mol. The molecule has 6 nitrogen and oxygen atoms in total. The second-order valence-corrected chi connectivity index (χ2v) is 6.68. The fraction of sp³-hybridized carbons (Fsp3) is 0.263. The Labute approximate surface area is 157 Å². The molecule has 0 aliphatic carbocycles. The number of carbonyl (C=O) groups excluding carboxylic acids is 1. The van der Waals surface area contributed by atoms with Crippen molar-refractivity contribution in [3.63, 3.8) is 0 Å². The third kappa shape index (κ3) is 5.16. The van der Waals surface area contributed by atoms with E-state index < -0.39 is 0 Å². The summed E-state index contributed by atoms with van der Waals surface area (Å²) in [6.45, 7) is 1.84. The SMILES string of the molecule is COc1cc(C=NNC(=O)C(C)Sc2ccccc2)cc(OC)c1OC. The van der Waals surface area contributed by atoms with E-state index in [9.17, 15) is 4.79 Å². The fourth-order valence-electron chi connectivity index (χ4n) is 2.19. The Balaban J connectivity index is 2.02. The highest BCUT2D eigenvalue weighted by atomic mass is 32.2. The van der Waals surface area contributed by atoms with Gasteiger partial charge in [0.1, 0.15) is 0 Å². The minimum Gasteiger partial charge on any atom is -0.493 e. The van der Waals surface area contributed by atoms with Gasteiger partial charge in [0.25, 0.3) is 5.91 Å². The third-order valence-electron chi connectivity index (χ3n) is 3.50. The summed E-state index contributed by atoms with van der Waals surface area (Å²) in [5, 5.41) is 3.75. The first kappa shape index (κ1) is 19.7. The van der Waals surface area contributed by atoms with Gasteiger partial charge in [0, 0.05) is 10.5 Å². The molecule has 1 atom stereocenters. The molecule has 1 amide bonds. The van der Waals surface area contributed by atoms with Gasteiger partial charge in [0.05, 0.1) is 32.8 Å². The van der Waals surface area contributed by atoms with Crippen molar-refractivity contribution in [3.8, 4) is 17.2 Å². The number of methoxy groups -OCH3 is 3. The molecule has 0 saturated heterocycles. The molecule has 0 saturated carbocycles. The standard InChI is InChI=1S/C19H22N2O4S/c1-13(26-15-8-6-5-7-9-15)19(22)21-20-12-14-10-16(23-2)18(25-4)17(11-14)24-3/h5-13H,1-4H3,(H,21,22). The van der Waals surface area contributed by atoms with Gasteiger partial charge in [0.15, 0.2) is 11.5 Å². The first-order valence-electron chi connectivity index (χ1n) is 7.93. The van der Waals surface area contributed by atoms with Crippen LogP contribution in [0, 0.1) is 0 Å². The van der Waals surface area contributed by atoms with Gasteiger partial charge in [-0.3, -0.25) is 4.79 Å². The average Bonchev–Trinajstić information content (AvgIpc) is 2.67. The number of benzene rings is 2. The molecule has 2 aromatic rings. The first-order valence-corrected chi connectivity index (χ1v) is 8.81. The van der Waals surface area contributed by atoms with E-state index in [1.165, 1.54) is 18.0 Å². The number of amides is 1. The van der Waals surface area contributed by atoms with Crippen molar-refractivity contribution >= 4 is 23.9 Å². The highest BCUT2D eigenvalue weighted by Gasteiger charge is 2.14. The molecule has 0 bridgehead atoms. The third-order valence-corrected chi connectivity index (χ3v) is 4.61. The monoisotopic (exact) mass is 374 g/mol. The highest BCUT2D eigenvalue weighted by Crippen LogP contribution is 2.37. The molecule has 0 aliphatic heterocycles. The van der Waals surface area contributed by atoms with Crippen molar-refractivity contribution < 1.29 is 19.0 Å². The van der Waals surface area contributed by atoms with Crippen LogP contribution in [0.5, 0.6) is 17.2 Å². The summed E-state index contributed by atoms with van der Waals surface area (Å²) in [6, 6.07) is 13.3. The predicted octanol–water partition coefficient (Wildman–Crippen LogP) is 3.34.